The van der Waals surface area contributed by atoms with Gasteiger partial charge >= 0.3 is 11.8 Å². The van der Waals surface area contributed by atoms with Crippen molar-refractivity contribution in [3.8, 4) is 0 Å². The van der Waals surface area contributed by atoms with Crippen molar-refractivity contribution in [1.82, 2.24) is 5.32 Å². The van der Waals surface area contributed by atoms with E-state index in [1.807, 2.05) is 0 Å². The van der Waals surface area contributed by atoms with Gasteiger partial charge in [0.25, 0.3) is 0 Å². The van der Waals surface area contributed by atoms with Gasteiger partial charge in [-0.05, 0) is 31.0 Å². The first-order valence-corrected chi connectivity index (χ1v) is 7.57. The quantitative estimate of drug-likeness (QED) is 0.743. The minimum absolute atomic E-state index is 0.0437. The predicted molar refractivity (Wildman–Crippen MR) is 81.0 cm³/mol. The molecule has 0 bridgehead atoms. The fourth-order valence-corrected chi connectivity index (χ4v) is 2.66. The zero-order valence-corrected chi connectivity index (χ0v) is 12.7. The molecule has 1 aromatic rings. The topological polar surface area (TPSA) is 78.4 Å². The van der Waals surface area contributed by atoms with Crippen LogP contribution in [0.2, 0.25) is 5.02 Å². The first-order valence-electron chi connectivity index (χ1n) is 7.19. The lowest BCUT2D eigenvalue weighted by molar-refractivity contribution is -0.136. The van der Waals surface area contributed by atoms with Crippen LogP contribution < -0.4 is 10.6 Å². The van der Waals surface area contributed by atoms with Crippen LogP contribution in [0.25, 0.3) is 0 Å². The van der Waals surface area contributed by atoms with E-state index in [9.17, 15) is 19.1 Å². The number of aliphatic hydroxyl groups is 1. The molecule has 0 spiro atoms. The van der Waals surface area contributed by atoms with E-state index in [-0.39, 0.29) is 23.2 Å². The third-order valence-corrected chi connectivity index (χ3v) is 4.01. The maximum absolute atomic E-state index is 13.5. The number of benzene rings is 1. The van der Waals surface area contributed by atoms with E-state index in [1.165, 1.54) is 12.1 Å². The Morgan fingerprint density at radius 2 is 2.00 bits per heavy atom. The highest BCUT2D eigenvalue weighted by molar-refractivity contribution is 6.39. The fraction of sp³-hybridized carbons (Fsp3) is 0.467. The molecule has 1 saturated carbocycles. The van der Waals surface area contributed by atoms with Crippen LogP contribution in [0.4, 0.5) is 10.1 Å². The second-order valence-electron chi connectivity index (χ2n) is 5.40. The minimum atomic E-state index is -0.952. The number of nitrogens with one attached hydrogen (secondary N) is 2. The van der Waals surface area contributed by atoms with Crippen LogP contribution in [0.5, 0.6) is 0 Å². The van der Waals surface area contributed by atoms with Gasteiger partial charge in [-0.15, -0.1) is 0 Å². The fourth-order valence-electron chi connectivity index (χ4n) is 2.50. The third kappa shape index (κ3) is 4.42. The molecular formula is C15H18ClFN2O3. The largest absolute Gasteiger partial charge is 0.393 e. The van der Waals surface area contributed by atoms with E-state index in [0.29, 0.717) is 6.42 Å². The first-order chi connectivity index (χ1) is 10.5. The van der Waals surface area contributed by atoms with Gasteiger partial charge in [0.2, 0.25) is 0 Å². The van der Waals surface area contributed by atoms with Crippen molar-refractivity contribution in [2.24, 2.45) is 5.92 Å². The molecule has 1 aliphatic rings. The molecule has 0 heterocycles. The van der Waals surface area contributed by atoms with Gasteiger partial charge in [-0.3, -0.25) is 9.59 Å². The van der Waals surface area contributed by atoms with Gasteiger partial charge in [0, 0.05) is 17.5 Å². The Labute approximate surface area is 132 Å². The lowest BCUT2D eigenvalue weighted by Crippen LogP contribution is -2.41. The molecule has 5 nitrogen and oxygen atoms in total. The summed E-state index contributed by atoms with van der Waals surface area (Å²) in [7, 11) is 0. The molecule has 1 fully saturated rings. The second kappa shape index (κ2) is 7.56. The highest BCUT2D eigenvalue weighted by Crippen LogP contribution is 2.23. The molecule has 0 unspecified atom stereocenters. The smallest absolute Gasteiger partial charge is 0.313 e. The Morgan fingerprint density at radius 3 is 2.68 bits per heavy atom. The molecular weight excluding hydrogens is 311 g/mol. The molecule has 3 N–H and O–H groups in total. The molecule has 22 heavy (non-hydrogen) atoms. The van der Waals surface area contributed by atoms with Crippen molar-refractivity contribution in [3.63, 3.8) is 0 Å². The van der Waals surface area contributed by atoms with Crippen molar-refractivity contribution < 1.29 is 19.1 Å². The van der Waals surface area contributed by atoms with Gasteiger partial charge < -0.3 is 15.7 Å². The normalized spacial score (nSPS) is 21.2. The minimum Gasteiger partial charge on any atom is -0.393 e. The molecule has 1 aromatic carbocycles. The van der Waals surface area contributed by atoms with Crippen LogP contribution in [0.1, 0.15) is 25.7 Å². The van der Waals surface area contributed by atoms with Crippen molar-refractivity contribution in [2.45, 2.75) is 31.8 Å². The van der Waals surface area contributed by atoms with Gasteiger partial charge in [0.05, 0.1) is 11.8 Å². The number of hydrogen-bond donors (Lipinski definition) is 3. The number of anilines is 1. The second-order valence-corrected chi connectivity index (χ2v) is 5.84. The number of amides is 2. The van der Waals surface area contributed by atoms with Crippen LogP contribution in [-0.4, -0.2) is 29.6 Å². The van der Waals surface area contributed by atoms with Crippen LogP contribution in [-0.2, 0) is 9.59 Å². The SMILES string of the molecule is O=C(NC[C@H]1CCCC[C@H]1O)C(=O)Nc1ccc(Cl)cc1F. The average Bonchev–Trinajstić information content (AvgIpc) is 2.49. The van der Waals surface area contributed by atoms with Crippen LogP contribution in [0, 0.1) is 11.7 Å². The summed E-state index contributed by atoms with van der Waals surface area (Å²) in [5, 5.41) is 14.7. The third-order valence-electron chi connectivity index (χ3n) is 3.78. The zero-order valence-electron chi connectivity index (χ0n) is 11.9. The summed E-state index contributed by atoms with van der Waals surface area (Å²) in [6.45, 7) is 0.233. The number of hydrogen-bond acceptors (Lipinski definition) is 3. The summed E-state index contributed by atoms with van der Waals surface area (Å²) in [5.41, 5.74) is -0.109. The standard InChI is InChI=1S/C15H18ClFN2O3/c16-10-5-6-12(11(17)7-10)19-15(22)14(21)18-8-9-3-1-2-4-13(9)20/h5-7,9,13,20H,1-4,8H2,(H,18,21)(H,19,22)/t9-,13-/m1/s1. The number of rotatable bonds is 3. The maximum atomic E-state index is 13.5. The molecule has 7 heteroatoms. The van der Waals surface area contributed by atoms with E-state index in [2.05, 4.69) is 10.6 Å². The van der Waals surface area contributed by atoms with Crippen molar-refractivity contribution in [3.05, 3.63) is 29.0 Å². The van der Waals surface area contributed by atoms with Crippen molar-refractivity contribution >= 4 is 29.1 Å². The molecule has 1 aliphatic carbocycles. The van der Waals surface area contributed by atoms with Gasteiger partial charge in [0.15, 0.2) is 0 Å². The summed E-state index contributed by atoms with van der Waals surface area (Å²) in [6.07, 6.45) is 3.05. The predicted octanol–water partition coefficient (Wildman–Crippen LogP) is 2.08. The Balaban J connectivity index is 1.85. The van der Waals surface area contributed by atoms with E-state index < -0.39 is 23.7 Å². The molecule has 2 rings (SSSR count). The Kier molecular flexibility index (Phi) is 5.74. The van der Waals surface area contributed by atoms with Crippen molar-refractivity contribution in [1.29, 1.82) is 0 Å². The first kappa shape index (κ1) is 16.7. The lowest BCUT2D eigenvalue weighted by atomic mass is 9.86. The number of carbonyl (C=O) groups excluding carboxylic acids is 2. The van der Waals surface area contributed by atoms with E-state index in [0.717, 1.165) is 25.3 Å². The Morgan fingerprint density at radius 1 is 1.27 bits per heavy atom. The zero-order chi connectivity index (χ0) is 16.1. The summed E-state index contributed by atoms with van der Waals surface area (Å²) in [5.74, 6) is -2.56. The van der Waals surface area contributed by atoms with Gasteiger partial charge in [0.1, 0.15) is 5.82 Å². The molecule has 0 radical (unpaired) electrons. The van der Waals surface area contributed by atoms with E-state index >= 15 is 0 Å². The van der Waals surface area contributed by atoms with Gasteiger partial charge in [-0.2, -0.15) is 0 Å². The van der Waals surface area contributed by atoms with Crippen molar-refractivity contribution in [2.75, 3.05) is 11.9 Å². The maximum Gasteiger partial charge on any atom is 0.313 e. The molecule has 0 saturated heterocycles. The molecule has 2 amide bonds. The number of aliphatic hydroxyl groups excluding tert-OH is 1. The summed E-state index contributed by atoms with van der Waals surface area (Å²) >= 11 is 5.61. The van der Waals surface area contributed by atoms with E-state index in [1.54, 1.807) is 0 Å². The Bertz CT molecular complexity index is 568. The van der Waals surface area contributed by atoms with Gasteiger partial charge in [-0.25, -0.2) is 4.39 Å². The van der Waals surface area contributed by atoms with Crippen LogP contribution >= 0.6 is 11.6 Å². The molecule has 2 atom stereocenters. The van der Waals surface area contributed by atoms with Crippen LogP contribution in [0.3, 0.4) is 0 Å². The number of carbonyl (C=O) groups is 2. The molecule has 120 valence electrons. The molecule has 0 aromatic heterocycles. The molecule has 0 aliphatic heterocycles. The highest BCUT2D eigenvalue weighted by Gasteiger charge is 2.24. The number of halogens is 2. The highest BCUT2D eigenvalue weighted by atomic mass is 35.5. The van der Waals surface area contributed by atoms with E-state index in [4.69, 9.17) is 11.6 Å². The lowest BCUT2D eigenvalue weighted by Gasteiger charge is -2.27. The van der Waals surface area contributed by atoms with Crippen LogP contribution in [0.15, 0.2) is 18.2 Å². The average molecular weight is 329 g/mol. The monoisotopic (exact) mass is 328 g/mol. The van der Waals surface area contributed by atoms with Gasteiger partial charge in [-0.1, -0.05) is 24.4 Å². The Hall–Kier alpha value is -1.66. The summed E-state index contributed by atoms with van der Waals surface area (Å²) in [4.78, 5) is 23.4. The summed E-state index contributed by atoms with van der Waals surface area (Å²) < 4.78 is 13.5. The summed E-state index contributed by atoms with van der Waals surface area (Å²) in [6, 6.07) is 3.75.